The van der Waals surface area contributed by atoms with Crippen LogP contribution in [0.3, 0.4) is 0 Å². The molecule has 2 heterocycles. The molecule has 0 saturated heterocycles. The first-order valence-corrected chi connectivity index (χ1v) is 7.28. The van der Waals surface area contributed by atoms with Gasteiger partial charge in [0.15, 0.2) is 5.82 Å². The molecule has 2 aromatic heterocycles. The lowest BCUT2D eigenvalue weighted by Crippen LogP contribution is -2.21. The van der Waals surface area contributed by atoms with Gasteiger partial charge >= 0.3 is 0 Å². The van der Waals surface area contributed by atoms with E-state index in [1.54, 1.807) is 6.33 Å². The second kappa shape index (κ2) is 5.69. The van der Waals surface area contributed by atoms with Crippen molar-refractivity contribution in [2.45, 2.75) is 33.0 Å². The van der Waals surface area contributed by atoms with Crippen molar-refractivity contribution in [1.29, 1.82) is 0 Å². The fraction of sp³-hybridized carbons (Fsp3) is 0.375. The second-order valence-corrected chi connectivity index (χ2v) is 5.69. The predicted molar refractivity (Wildman–Crippen MR) is 84.0 cm³/mol. The van der Waals surface area contributed by atoms with Crippen molar-refractivity contribution in [3.05, 3.63) is 48.2 Å². The van der Waals surface area contributed by atoms with Crippen LogP contribution in [0, 0.1) is 0 Å². The van der Waals surface area contributed by atoms with Crippen LogP contribution in [-0.4, -0.2) is 25.4 Å². The largest absolute Gasteiger partial charge is 0.339 e. The maximum atomic E-state index is 4.18. The molecule has 0 radical (unpaired) electrons. The Hall–Kier alpha value is -2.14. The summed E-state index contributed by atoms with van der Waals surface area (Å²) in [6.07, 6.45) is 3.96. The first-order valence-electron chi connectivity index (χ1n) is 7.28. The van der Waals surface area contributed by atoms with E-state index >= 15 is 0 Å². The Labute approximate surface area is 124 Å². The Morgan fingerprint density at radius 2 is 2.05 bits per heavy atom. The topological polar surface area (TPSA) is 47.7 Å². The standard InChI is InChI=1S/C16H21N5/c1-12(2)17-8-13-9-21(10-16-19-18-11-20(16)3)15-7-5-4-6-14(13)15/h4-7,9,11-12,17H,8,10H2,1-3H3. The van der Waals surface area contributed by atoms with E-state index in [2.05, 4.69) is 64.4 Å². The van der Waals surface area contributed by atoms with Gasteiger partial charge in [-0.2, -0.15) is 0 Å². The summed E-state index contributed by atoms with van der Waals surface area (Å²) in [4.78, 5) is 0. The van der Waals surface area contributed by atoms with Crippen LogP contribution in [0.4, 0.5) is 0 Å². The number of hydrogen-bond acceptors (Lipinski definition) is 3. The van der Waals surface area contributed by atoms with Gasteiger partial charge in [0.1, 0.15) is 6.33 Å². The third-order valence-electron chi connectivity index (χ3n) is 3.69. The van der Waals surface area contributed by atoms with Gasteiger partial charge in [0.25, 0.3) is 0 Å². The van der Waals surface area contributed by atoms with Gasteiger partial charge in [-0.05, 0) is 11.6 Å². The number of aromatic nitrogens is 4. The maximum Gasteiger partial charge on any atom is 0.152 e. The van der Waals surface area contributed by atoms with Crippen molar-refractivity contribution in [2.24, 2.45) is 7.05 Å². The monoisotopic (exact) mass is 283 g/mol. The SMILES string of the molecule is CC(C)NCc1cn(Cc2nncn2C)c2ccccc12. The average molecular weight is 283 g/mol. The molecule has 0 saturated carbocycles. The highest BCUT2D eigenvalue weighted by Crippen LogP contribution is 2.22. The van der Waals surface area contributed by atoms with Gasteiger partial charge in [0.2, 0.25) is 0 Å². The summed E-state index contributed by atoms with van der Waals surface area (Å²) in [6, 6.07) is 8.99. The Bertz CT molecular complexity index is 738. The molecule has 1 N–H and O–H groups in total. The van der Waals surface area contributed by atoms with Gasteiger partial charge in [-0.25, -0.2) is 0 Å². The van der Waals surface area contributed by atoms with Crippen molar-refractivity contribution >= 4 is 10.9 Å². The summed E-state index contributed by atoms with van der Waals surface area (Å²) >= 11 is 0. The Morgan fingerprint density at radius 1 is 1.24 bits per heavy atom. The van der Waals surface area contributed by atoms with E-state index in [1.165, 1.54) is 16.5 Å². The van der Waals surface area contributed by atoms with Crippen molar-refractivity contribution in [3.8, 4) is 0 Å². The lowest BCUT2D eigenvalue weighted by atomic mass is 10.2. The molecule has 21 heavy (non-hydrogen) atoms. The minimum absolute atomic E-state index is 0.478. The van der Waals surface area contributed by atoms with Gasteiger partial charge < -0.3 is 14.5 Å². The number of benzene rings is 1. The first-order chi connectivity index (χ1) is 10.1. The minimum Gasteiger partial charge on any atom is -0.339 e. The highest BCUT2D eigenvalue weighted by atomic mass is 15.3. The van der Waals surface area contributed by atoms with Gasteiger partial charge in [0, 0.05) is 36.7 Å². The molecule has 0 fully saturated rings. The summed E-state index contributed by atoms with van der Waals surface area (Å²) in [5, 5.41) is 12.9. The molecule has 0 amide bonds. The van der Waals surface area contributed by atoms with Crippen LogP contribution in [0.15, 0.2) is 36.8 Å². The van der Waals surface area contributed by atoms with Gasteiger partial charge in [-0.15, -0.1) is 10.2 Å². The quantitative estimate of drug-likeness (QED) is 0.781. The summed E-state index contributed by atoms with van der Waals surface area (Å²) < 4.78 is 4.21. The Balaban J connectivity index is 1.96. The number of fused-ring (bicyclic) bond motifs is 1. The van der Waals surface area contributed by atoms with Crippen LogP contribution < -0.4 is 5.32 Å². The van der Waals surface area contributed by atoms with E-state index < -0.39 is 0 Å². The van der Waals surface area contributed by atoms with Crippen LogP contribution in [0.25, 0.3) is 10.9 Å². The third-order valence-corrected chi connectivity index (χ3v) is 3.69. The minimum atomic E-state index is 0.478. The molecule has 5 heteroatoms. The molecule has 5 nitrogen and oxygen atoms in total. The number of rotatable bonds is 5. The van der Waals surface area contributed by atoms with Crippen LogP contribution in [-0.2, 0) is 20.1 Å². The van der Waals surface area contributed by atoms with E-state index in [9.17, 15) is 0 Å². The zero-order chi connectivity index (χ0) is 14.8. The Kier molecular flexibility index (Phi) is 3.75. The van der Waals surface area contributed by atoms with E-state index in [0.29, 0.717) is 6.04 Å². The van der Waals surface area contributed by atoms with Crippen molar-refractivity contribution < 1.29 is 0 Å². The summed E-state index contributed by atoms with van der Waals surface area (Å²) in [5.41, 5.74) is 2.56. The predicted octanol–water partition coefficient (Wildman–Crippen LogP) is 2.32. The molecule has 0 bridgehead atoms. The molecule has 1 aromatic carbocycles. The van der Waals surface area contributed by atoms with E-state index in [0.717, 1.165) is 18.9 Å². The molecule has 0 unspecified atom stereocenters. The molecule has 0 aliphatic carbocycles. The fourth-order valence-corrected chi connectivity index (χ4v) is 2.51. The zero-order valence-electron chi connectivity index (χ0n) is 12.7. The van der Waals surface area contributed by atoms with Crippen LogP contribution in [0.1, 0.15) is 25.2 Å². The van der Waals surface area contributed by atoms with Gasteiger partial charge in [-0.1, -0.05) is 32.0 Å². The maximum absolute atomic E-state index is 4.18. The zero-order valence-corrected chi connectivity index (χ0v) is 12.7. The first kappa shape index (κ1) is 13.8. The molecule has 0 spiro atoms. The van der Waals surface area contributed by atoms with Crippen LogP contribution in [0.5, 0.6) is 0 Å². The molecule has 0 aliphatic rings. The number of hydrogen-bond donors (Lipinski definition) is 1. The fourth-order valence-electron chi connectivity index (χ4n) is 2.51. The summed E-state index contributed by atoms with van der Waals surface area (Å²) in [7, 11) is 1.97. The lowest BCUT2D eigenvalue weighted by Gasteiger charge is -2.06. The van der Waals surface area contributed by atoms with E-state index in [1.807, 2.05) is 11.6 Å². The van der Waals surface area contributed by atoms with Crippen molar-refractivity contribution in [2.75, 3.05) is 0 Å². The lowest BCUT2D eigenvalue weighted by molar-refractivity contribution is 0.589. The smallest absolute Gasteiger partial charge is 0.152 e. The number of para-hydroxylation sites is 1. The molecule has 3 rings (SSSR count). The highest BCUT2D eigenvalue weighted by molar-refractivity contribution is 5.84. The number of nitrogens with one attached hydrogen (secondary N) is 1. The molecular formula is C16H21N5. The van der Waals surface area contributed by atoms with Gasteiger partial charge in [-0.3, -0.25) is 0 Å². The molecule has 3 aromatic rings. The number of aryl methyl sites for hydroxylation is 1. The second-order valence-electron chi connectivity index (χ2n) is 5.69. The summed E-state index contributed by atoms with van der Waals surface area (Å²) in [6.45, 7) is 5.94. The van der Waals surface area contributed by atoms with Crippen molar-refractivity contribution in [1.82, 2.24) is 24.6 Å². The Morgan fingerprint density at radius 3 is 2.76 bits per heavy atom. The van der Waals surface area contributed by atoms with Gasteiger partial charge in [0.05, 0.1) is 6.54 Å². The number of nitrogens with zero attached hydrogens (tertiary/aromatic N) is 4. The molecule has 0 atom stereocenters. The van der Waals surface area contributed by atoms with Crippen LogP contribution in [0.2, 0.25) is 0 Å². The molecule has 0 aliphatic heterocycles. The summed E-state index contributed by atoms with van der Waals surface area (Å²) in [5.74, 6) is 0.958. The van der Waals surface area contributed by atoms with Crippen LogP contribution >= 0.6 is 0 Å². The normalized spacial score (nSPS) is 11.6. The average Bonchev–Trinajstić information content (AvgIpc) is 3.02. The highest BCUT2D eigenvalue weighted by Gasteiger charge is 2.10. The molecular weight excluding hydrogens is 262 g/mol. The van der Waals surface area contributed by atoms with Crippen molar-refractivity contribution in [3.63, 3.8) is 0 Å². The molecule has 110 valence electrons. The third kappa shape index (κ3) is 2.83. The van der Waals surface area contributed by atoms with E-state index in [-0.39, 0.29) is 0 Å². The van der Waals surface area contributed by atoms with E-state index in [4.69, 9.17) is 0 Å².